The highest BCUT2D eigenvalue weighted by Gasteiger charge is 2.06. The van der Waals surface area contributed by atoms with Crippen LogP contribution in [0.2, 0.25) is 0 Å². The third kappa shape index (κ3) is 7.34. The van der Waals surface area contributed by atoms with E-state index in [0.29, 0.717) is 13.2 Å². The van der Waals surface area contributed by atoms with E-state index in [4.69, 9.17) is 9.47 Å². The second kappa shape index (κ2) is 10.5. The molecule has 120 valence electrons. The minimum Gasteiger partial charge on any atom is -0.490 e. The van der Waals surface area contributed by atoms with E-state index in [2.05, 4.69) is 43.4 Å². The van der Waals surface area contributed by atoms with Gasteiger partial charge in [-0.05, 0) is 58.1 Å². The van der Waals surface area contributed by atoms with Crippen LogP contribution in [0.5, 0.6) is 11.5 Å². The first-order valence-electron chi connectivity index (χ1n) is 7.91. The monoisotopic (exact) mass is 294 g/mol. The Kier molecular flexibility index (Phi) is 8.87. The van der Waals surface area contributed by atoms with Gasteiger partial charge in [0.15, 0.2) is 11.5 Å². The average molecular weight is 294 g/mol. The maximum absolute atomic E-state index is 5.85. The molecule has 0 fully saturated rings. The summed E-state index contributed by atoms with van der Waals surface area (Å²) >= 11 is 0. The van der Waals surface area contributed by atoms with Gasteiger partial charge in [0.25, 0.3) is 0 Å². The van der Waals surface area contributed by atoms with Crippen LogP contribution < -0.4 is 14.8 Å². The van der Waals surface area contributed by atoms with Crippen molar-refractivity contribution in [1.82, 2.24) is 10.2 Å². The standard InChI is InChI=1S/C17H30N2O2/c1-5-10-18-14-15-8-9-16(17(13-15)20-6-2)21-12-7-11-19(3)4/h8-9,13,18H,5-7,10-12,14H2,1-4H3. The molecule has 1 rings (SSSR count). The second-order valence-electron chi connectivity index (χ2n) is 5.40. The summed E-state index contributed by atoms with van der Waals surface area (Å²) in [4.78, 5) is 2.16. The van der Waals surface area contributed by atoms with E-state index in [-0.39, 0.29) is 0 Å². The molecule has 0 bridgehead atoms. The van der Waals surface area contributed by atoms with E-state index >= 15 is 0 Å². The van der Waals surface area contributed by atoms with Crippen molar-refractivity contribution in [2.45, 2.75) is 33.2 Å². The van der Waals surface area contributed by atoms with Crippen molar-refractivity contribution in [2.75, 3.05) is 40.4 Å². The highest BCUT2D eigenvalue weighted by molar-refractivity contribution is 5.43. The van der Waals surface area contributed by atoms with Gasteiger partial charge in [-0.1, -0.05) is 13.0 Å². The van der Waals surface area contributed by atoms with Gasteiger partial charge in [0.2, 0.25) is 0 Å². The molecular weight excluding hydrogens is 264 g/mol. The summed E-state index contributed by atoms with van der Waals surface area (Å²) in [7, 11) is 4.15. The lowest BCUT2D eigenvalue weighted by Gasteiger charge is -2.15. The summed E-state index contributed by atoms with van der Waals surface area (Å²) in [6.07, 6.45) is 2.16. The van der Waals surface area contributed by atoms with Crippen LogP contribution >= 0.6 is 0 Å². The lowest BCUT2D eigenvalue weighted by Crippen LogP contribution is -2.16. The van der Waals surface area contributed by atoms with Gasteiger partial charge in [-0.25, -0.2) is 0 Å². The first kappa shape index (κ1) is 17.8. The molecule has 1 N–H and O–H groups in total. The number of ether oxygens (including phenoxy) is 2. The smallest absolute Gasteiger partial charge is 0.161 e. The SMILES string of the molecule is CCCNCc1ccc(OCCCN(C)C)c(OCC)c1. The van der Waals surface area contributed by atoms with Crippen molar-refractivity contribution < 1.29 is 9.47 Å². The van der Waals surface area contributed by atoms with Gasteiger partial charge >= 0.3 is 0 Å². The van der Waals surface area contributed by atoms with E-state index < -0.39 is 0 Å². The Hall–Kier alpha value is -1.26. The minimum atomic E-state index is 0.653. The predicted octanol–water partition coefficient (Wildman–Crippen LogP) is 2.92. The van der Waals surface area contributed by atoms with E-state index in [1.807, 2.05) is 13.0 Å². The quantitative estimate of drug-likeness (QED) is 0.636. The molecule has 0 radical (unpaired) electrons. The van der Waals surface area contributed by atoms with Crippen molar-refractivity contribution in [3.05, 3.63) is 23.8 Å². The Morgan fingerprint density at radius 3 is 2.57 bits per heavy atom. The molecule has 0 unspecified atom stereocenters. The molecule has 0 atom stereocenters. The van der Waals surface area contributed by atoms with Crippen molar-refractivity contribution in [1.29, 1.82) is 0 Å². The summed E-state index contributed by atoms with van der Waals surface area (Å²) < 4.78 is 11.5. The number of nitrogens with zero attached hydrogens (tertiary/aromatic N) is 1. The van der Waals surface area contributed by atoms with Gasteiger partial charge in [0, 0.05) is 13.1 Å². The van der Waals surface area contributed by atoms with Crippen LogP contribution in [0, 0.1) is 0 Å². The van der Waals surface area contributed by atoms with Crippen LogP contribution in [0.15, 0.2) is 18.2 Å². The average Bonchev–Trinajstić information content (AvgIpc) is 2.46. The van der Waals surface area contributed by atoms with E-state index in [1.165, 1.54) is 5.56 Å². The number of benzene rings is 1. The van der Waals surface area contributed by atoms with Crippen molar-refractivity contribution >= 4 is 0 Å². The molecule has 0 aliphatic rings. The molecule has 0 saturated carbocycles. The fraction of sp³-hybridized carbons (Fsp3) is 0.647. The Morgan fingerprint density at radius 2 is 1.90 bits per heavy atom. The Labute approximate surface area is 129 Å². The molecule has 0 aliphatic heterocycles. The van der Waals surface area contributed by atoms with E-state index in [1.54, 1.807) is 0 Å². The van der Waals surface area contributed by atoms with Gasteiger partial charge in [-0.2, -0.15) is 0 Å². The summed E-state index contributed by atoms with van der Waals surface area (Å²) in [5, 5.41) is 3.40. The van der Waals surface area contributed by atoms with Crippen molar-refractivity contribution in [3.8, 4) is 11.5 Å². The fourth-order valence-corrected chi connectivity index (χ4v) is 2.02. The summed E-state index contributed by atoms with van der Waals surface area (Å²) in [5.41, 5.74) is 1.23. The Bertz CT molecular complexity index is 394. The molecule has 4 nitrogen and oxygen atoms in total. The maximum Gasteiger partial charge on any atom is 0.161 e. The van der Waals surface area contributed by atoms with E-state index in [0.717, 1.165) is 44.0 Å². The number of rotatable bonds is 11. The number of nitrogens with one attached hydrogen (secondary N) is 1. The number of hydrogen-bond acceptors (Lipinski definition) is 4. The lowest BCUT2D eigenvalue weighted by molar-refractivity contribution is 0.258. The van der Waals surface area contributed by atoms with Gasteiger partial charge in [-0.3, -0.25) is 0 Å². The summed E-state index contributed by atoms with van der Waals surface area (Å²) in [6.45, 7) is 8.47. The van der Waals surface area contributed by atoms with Crippen LogP contribution in [-0.2, 0) is 6.54 Å². The zero-order valence-electron chi connectivity index (χ0n) is 13.9. The topological polar surface area (TPSA) is 33.7 Å². The van der Waals surface area contributed by atoms with E-state index in [9.17, 15) is 0 Å². The molecule has 0 saturated heterocycles. The molecule has 21 heavy (non-hydrogen) atoms. The normalized spacial score (nSPS) is 10.9. The zero-order valence-corrected chi connectivity index (χ0v) is 13.9. The third-order valence-corrected chi connectivity index (χ3v) is 3.07. The minimum absolute atomic E-state index is 0.653. The molecular formula is C17H30N2O2. The molecule has 0 heterocycles. The largest absolute Gasteiger partial charge is 0.490 e. The van der Waals surface area contributed by atoms with Gasteiger partial charge in [-0.15, -0.1) is 0 Å². The molecule has 0 spiro atoms. The molecule has 0 aromatic heterocycles. The molecule has 0 aliphatic carbocycles. The maximum atomic E-state index is 5.85. The summed E-state index contributed by atoms with van der Waals surface area (Å²) in [5.74, 6) is 1.69. The zero-order chi connectivity index (χ0) is 15.5. The molecule has 4 heteroatoms. The first-order valence-corrected chi connectivity index (χ1v) is 7.91. The Morgan fingerprint density at radius 1 is 1.10 bits per heavy atom. The fourth-order valence-electron chi connectivity index (χ4n) is 2.02. The van der Waals surface area contributed by atoms with Crippen LogP contribution in [0.4, 0.5) is 0 Å². The molecule has 1 aromatic carbocycles. The van der Waals surface area contributed by atoms with Crippen molar-refractivity contribution in [2.24, 2.45) is 0 Å². The van der Waals surface area contributed by atoms with Crippen LogP contribution in [-0.4, -0.2) is 45.3 Å². The lowest BCUT2D eigenvalue weighted by atomic mass is 10.2. The molecule has 0 amide bonds. The van der Waals surface area contributed by atoms with Crippen LogP contribution in [0.25, 0.3) is 0 Å². The van der Waals surface area contributed by atoms with Gasteiger partial charge in [0.1, 0.15) is 0 Å². The highest BCUT2D eigenvalue weighted by atomic mass is 16.5. The van der Waals surface area contributed by atoms with Gasteiger partial charge in [0.05, 0.1) is 13.2 Å². The summed E-state index contributed by atoms with van der Waals surface area (Å²) in [6, 6.07) is 6.20. The third-order valence-electron chi connectivity index (χ3n) is 3.07. The second-order valence-corrected chi connectivity index (χ2v) is 5.40. The van der Waals surface area contributed by atoms with Crippen LogP contribution in [0.3, 0.4) is 0 Å². The predicted molar refractivity (Wildman–Crippen MR) is 88.3 cm³/mol. The van der Waals surface area contributed by atoms with Gasteiger partial charge < -0.3 is 19.7 Å². The Balaban J connectivity index is 2.56. The number of hydrogen-bond donors (Lipinski definition) is 1. The van der Waals surface area contributed by atoms with Crippen LogP contribution in [0.1, 0.15) is 32.3 Å². The highest BCUT2D eigenvalue weighted by Crippen LogP contribution is 2.28. The van der Waals surface area contributed by atoms with Crippen molar-refractivity contribution in [3.63, 3.8) is 0 Å². The first-order chi connectivity index (χ1) is 10.2. The molecule has 1 aromatic rings.